The third-order valence-corrected chi connectivity index (χ3v) is 4.70. The van der Waals surface area contributed by atoms with Crippen molar-refractivity contribution in [3.63, 3.8) is 0 Å². The number of hydrogen-bond acceptors (Lipinski definition) is 3. The highest BCUT2D eigenvalue weighted by Crippen LogP contribution is 2.25. The Balaban J connectivity index is 0.00000147. The lowest BCUT2D eigenvalue weighted by molar-refractivity contribution is 0.0956. The lowest BCUT2D eigenvalue weighted by Crippen LogP contribution is -2.30. The van der Waals surface area contributed by atoms with Crippen LogP contribution in [0.5, 0.6) is 0 Å². The van der Waals surface area contributed by atoms with Crippen LogP contribution in [0.4, 0.5) is 0 Å². The number of rotatable bonds is 4. The molecule has 0 bridgehead atoms. The molecule has 2 N–H and O–H groups in total. The van der Waals surface area contributed by atoms with Gasteiger partial charge in [0.2, 0.25) is 0 Å². The van der Waals surface area contributed by atoms with Crippen LogP contribution in [0.1, 0.15) is 28.9 Å². The van der Waals surface area contributed by atoms with Crippen LogP contribution in [-0.2, 0) is 0 Å². The first kappa shape index (κ1) is 15.3. The zero-order valence-corrected chi connectivity index (χ0v) is 12.9. The normalized spacial score (nSPS) is 17.9. The molecule has 3 nitrogen and oxygen atoms in total. The fourth-order valence-corrected chi connectivity index (χ4v) is 3.52. The molecule has 1 atom stereocenters. The van der Waals surface area contributed by atoms with Gasteiger partial charge in [-0.2, -0.15) is 0 Å². The molecule has 0 spiro atoms. The molecule has 1 aromatic heterocycles. The van der Waals surface area contributed by atoms with Crippen molar-refractivity contribution in [2.45, 2.75) is 25.3 Å². The zero-order chi connectivity index (χ0) is 13.1. The van der Waals surface area contributed by atoms with Crippen molar-refractivity contribution < 1.29 is 4.79 Å². The Kier molecular flexibility index (Phi) is 5.40. The molecular weight excluding hydrogens is 292 g/mol. The molecule has 108 valence electrons. The summed E-state index contributed by atoms with van der Waals surface area (Å²) in [6.45, 7) is 1.87. The minimum atomic E-state index is 0. The van der Waals surface area contributed by atoms with Crippen LogP contribution in [0, 0.1) is 0 Å². The first-order chi connectivity index (χ1) is 9.33. The van der Waals surface area contributed by atoms with Crippen LogP contribution in [-0.4, -0.2) is 25.0 Å². The smallest absolute Gasteiger partial charge is 0.261 e. The van der Waals surface area contributed by atoms with Crippen LogP contribution in [0.15, 0.2) is 30.3 Å². The van der Waals surface area contributed by atoms with E-state index < -0.39 is 0 Å². The summed E-state index contributed by atoms with van der Waals surface area (Å²) in [6, 6.07) is 10.7. The second kappa shape index (κ2) is 7.07. The first-order valence-corrected chi connectivity index (χ1v) is 7.65. The van der Waals surface area contributed by atoms with Gasteiger partial charge in [0.15, 0.2) is 0 Å². The predicted octanol–water partition coefficient (Wildman–Crippen LogP) is 3.20. The lowest BCUT2D eigenvalue weighted by atomic mass is 10.1. The second-order valence-electron chi connectivity index (χ2n) is 4.99. The van der Waals surface area contributed by atoms with Crippen LogP contribution in [0.3, 0.4) is 0 Å². The van der Waals surface area contributed by atoms with E-state index in [1.165, 1.54) is 17.5 Å². The average Bonchev–Trinajstić information content (AvgIpc) is 3.07. The van der Waals surface area contributed by atoms with Crippen molar-refractivity contribution in [1.29, 1.82) is 0 Å². The first-order valence-electron chi connectivity index (χ1n) is 6.83. The molecule has 1 aromatic carbocycles. The minimum Gasteiger partial charge on any atom is -0.351 e. The van der Waals surface area contributed by atoms with Gasteiger partial charge in [-0.05, 0) is 43.3 Å². The van der Waals surface area contributed by atoms with Gasteiger partial charge < -0.3 is 10.6 Å². The van der Waals surface area contributed by atoms with Gasteiger partial charge in [-0.25, -0.2) is 0 Å². The summed E-state index contributed by atoms with van der Waals surface area (Å²) in [4.78, 5) is 12.9. The van der Waals surface area contributed by atoms with Crippen molar-refractivity contribution in [2.24, 2.45) is 0 Å². The van der Waals surface area contributed by atoms with Gasteiger partial charge in [0.25, 0.3) is 5.91 Å². The number of hydrogen-bond donors (Lipinski definition) is 2. The van der Waals surface area contributed by atoms with E-state index in [0.29, 0.717) is 6.04 Å². The molecule has 2 aromatic rings. The number of halogens is 1. The Hall–Kier alpha value is -1.10. The van der Waals surface area contributed by atoms with Crippen molar-refractivity contribution in [3.05, 3.63) is 35.2 Å². The lowest BCUT2D eigenvalue weighted by Gasteiger charge is -2.09. The summed E-state index contributed by atoms with van der Waals surface area (Å²) in [7, 11) is 0. The molecule has 2 heterocycles. The zero-order valence-electron chi connectivity index (χ0n) is 11.2. The second-order valence-corrected chi connectivity index (χ2v) is 6.07. The van der Waals surface area contributed by atoms with E-state index in [-0.39, 0.29) is 18.3 Å². The Morgan fingerprint density at radius 2 is 2.25 bits per heavy atom. The molecule has 5 heteroatoms. The Bertz CT molecular complexity index is 545. The molecule has 3 rings (SSSR count). The summed E-state index contributed by atoms with van der Waals surface area (Å²) >= 11 is 1.56. The molecule has 1 saturated heterocycles. The van der Waals surface area contributed by atoms with Gasteiger partial charge in [-0.15, -0.1) is 23.7 Å². The monoisotopic (exact) mass is 310 g/mol. The van der Waals surface area contributed by atoms with Crippen molar-refractivity contribution in [3.8, 4) is 0 Å². The quantitative estimate of drug-likeness (QED) is 0.910. The summed E-state index contributed by atoms with van der Waals surface area (Å²) in [5.74, 6) is 0.0548. The molecule has 0 unspecified atom stereocenters. The highest BCUT2D eigenvalue weighted by atomic mass is 35.5. The SMILES string of the molecule is Cl.O=C(NCC[C@H]1CCCN1)c1cc2ccccc2s1. The van der Waals surface area contributed by atoms with Gasteiger partial charge in [0.1, 0.15) is 0 Å². The Labute approximate surface area is 129 Å². The number of nitrogens with one attached hydrogen (secondary N) is 2. The van der Waals surface area contributed by atoms with Gasteiger partial charge in [0, 0.05) is 17.3 Å². The number of amides is 1. The van der Waals surface area contributed by atoms with E-state index in [2.05, 4.69) is 16.7 Å². The number of benzene rings is 1. The molecule has 0 aliphatic carbocycles. The highest BCUT2D eigenvalue weighted by molar-refractivity contribution is 7.20. The topological polar surface area (TPSA) is 41.1 Å². The molecule has 1 aliphatic heterocycles. The maximum Gasteiger partial charge on any atom is 0.261 e. The van der Waals surface area contributed by atoms with Crippen LogP contribution in [0.25, 0.3) is 10.1 Å². The number of carbonyl (C=O) groups excluding carboxylic acids is 1. The van der Waals surface area contributed by atoms with E-state index in [1.54, 1.807) is 11.3 Å². The Morgan fingerprint density at radius 1 is 1.40 bits per heavy atom. The van der Waals surface area contributed by atoms with Gasteiger partial charge in [-0.3, -0.25) is 4.79 Å². The molecule has 1 fully saturated rings. The van der Waals surface area contributed by atoms with E-state index in [9.17, 15) is 4.79 Å². The van der Waals surface area contributed by atoms with Crippen LogP contribution in [0.2, 0.25) is 0 Å². The van der Waals surface area contributed by atoms with Gasteiger partial charge >= 0.3 is 0 Å². The summed E-state index contributed by atoms with van der Waals surface area (Å²) < 4.78 is 1.17. The van der Waals surface area contributed by atoms with Gasteiger partial charge in [-0.1, -0.05) is 18.2 Å². The third kappa shape index (κ3) is 3.51. The molecule has 1 amide bonds. The highest BCUT2D eigenvalue weighted by Gasteiger charge is 2.14. The largest absolute Gasteiger partial charge is 0.351 e. The molecular formula is C15H19ClN2OS. The predicted molar refractivity (Wildman–Crippen MR) is 87.0 cm³/mol. The van der Waals surface area contributed by atoms with Crippen molar-refractivity contribution >= 4 is 39.7 Å². The summed E-state index contributed by atoms with van der Waals surface area (Å²) in [6.07, 6.45) is 3.52. The molecule has 0 saturated carbocycles. The molecule has 0 radical (unpaired) electrons. The van der Waals surface area contributed by atoms with Crippen LogP contribution >= 0.6 is 23.7 Å². The van der Waals surface area contributed by atoms with Crippen LogP contribution < -0.4 is 10.6 Å². The van der Waals surface area contributed by atoms with E-state index in [1.807, 2.05) is 24.3 Å². The standard InChI is InChI=1S/C15H18N2OS.ClH/c18-15(17-9-7-12-5-3-8-16-12)14-10-11-4-1-2-6-13(11)19-14;/h1-2,4,6,10,12,16H,3,5,7-9H2,(H,17,18);1H/t12-;/m1./s1. The third-order valence-electron chi connectivity index (χ3n) is 3.59. The molecule has 1 aliphatic rings. The maximum atomic E-state index is 12.1. The minimum absolute atomic E-state index is 0. The Morgan fingerprint density at radius 3 is 3.00 bits per heavy atom. The number of thiophene rings is 1. The summed E-state index contributed by atoms with van der Waals surface area (Å²) in [5.41, 5.74) is 0. The fourth-order valence-electron chi connectivity index (χ4n) is 2.54. The van der Waals surface area contributed by atoms with E-state index in [0.717, 1.165) is 29.8 Å². The summed E-state index contributed by atoms with van der Waals surface area (Å²) in [5, 5.41) is 7.61. The van der Waals surface area contributed by atoms with Crippen molar-refractivity contribution in [1.82, 2.24) is 10.6 Å². The van der Waals surface area contributed by atoms with Crippen molar-refractivity contribution in [2.75, 3.05) is 13.1 Å². The molecule has 20 heavy (non-hydrogen) atoms. The van der Waals surface area contributed by atoms with E-state index >= 15 is 0 Å². The number of carbonyl (C=O) groups is 1. The maximum absolute atomic E-state index is 12.1. The average molecular weight is 311 g/mol. The fraction of sp³-hybridized carbons (Fsp3) is 0.400. The van der Waals surface area contributed by atoms with Gasteiger partial charge in [0.05, 0.1) is 4.88 Å². The van der Waals surface area contributed by atoms with E-state index in [4.69, 9.17) is 0 Å². The number of fused-ring (bicyclic) bond motifs is 1.